The smallest absolute Gasteiger partial charge is 0.311 e. The minimum absolute atomic E-state index is 0.0283. The average molecular weight is 366 g/mol. The van der Waals surface area contributed by atoms with Crippen molar-refractivity contribution in [2.45, 2.75) is 54.9 Å². The molecule has 27 heavy (non-hydrogen) atoms. The maximum atomic E-state index is 13.0. The van der Waals surface area contributed by atoms with Crippen molar-refractivity contribution in [3.63, 3.8) is 0 Å². The standard InChI is InChI=1S/C21H22N2O4/c1-26-17(25)12-10-19-6-7-21(12)20(11-4-2-3-5-13(11)22-21)8-9-23(18(19)20)16(24)14-15(19)27-14/h2-5,12,14-15,18,22H,6-10H2,1H3/t12-,14+,15-,18-,19-,20+,21-/m0/s1. The fourth-order valence-corrected chi connectivity index (χ4v) is 8.12. The summed E-state index contributed by atoms with van der Waals surface area (Å²) in [5.41, 5.74) is 1.67. The number of para-hydroxylation sites is 1. The second-order valence-electron chi connectivity index (χ2n) is 9.29. The number of rotatable bonds is 1. The number of esters is 1. The SMILES string of the molecule is COC(=O)[C@@H]1C[C@@]23CC[C@]14Nc1ccccc1[C@@]41CCN(C(=O)[C@@H]4O[C@@H]42)[C@@H]31. The largest absolute Gasteiger partial charge is 0.469 e. The number of hydrogen-bond acceptors (Lipinski definition) is 5. The number of nitrogens with one attached hydrogen (secondary N) is 1. The number of carbonyl (C=O) groups excluding carboxylic acids is 2. The Morgan fingerprint density at radius 2 is 2.15 bits per heavy atom. The first-order valence-corrected chi connectivity index (χ1v) is 10.0. The number of methoxy groups -OCH3 is 1. The van der Waals surface area contributed by atoms with Crippen LogP contribution in [0.2, 0.25) is 0 Å². The Hall–Kier alpha value is -2.08. The number of amides is 1. The van der Waals surface area contributed by atoms with Crippen molar-refractivity contribution in [3.8, 4) is 0 Å². The van der Waals surface area contributed by atoms with Crippen LogP contribution >= 0.6 is 0 Å². The molecule has 3 spiro atoms. The van der Waals surface area contributed by atoms with Crippen molar-refractivity contribution in [1.82, 2.24) is 4.90 Å². The van der Waals surface area contributed by atoms with Gasteiger partial charge in [0.15, 0.2) is 6.10 Å². The van der Waals surface area contributed by atoms with Crippen LogP contribution in [0.3, 0.4) is 0 Å². The van der Waals surface area contributed by atoms with Crippen LogP contribution in [0.4, 0.5) is 5.69 Å². The van der Waals surface area contributed by atoms with Crippen LogP contribution in [0.1, 0.15) is 31.2 Å². The summed E-state index contributed by atoms with van der Waals surface area (Å²) in [6, 6.07) is 8.57. The second kappa shape index (κ2) is 4.17. The quantitative estimate of drug-likeness (QED) is 0.602. The number of hydrogen-bond donors (Lipinski definition) is 1. The molecule has 1 N–H and O–H groups in total. The van der Waals surface area contributed by atoms with Crippen LogP contribution in [0.25, 0.3) is 0 Å². The summed E-state index contributed by atoms with van der Waals surface area (Å²) in [5, 5.41) is 3.81. The van der Waals surface area contributed by atoms with Crippen LogP contribution in [-0.4, -0.2) is 54.2 Å². The molecule has 4 aliphatic heterocycles. The van der Waals surface area contributed by atoms with Gasteiger partial charge in [-0.1, -0.05) is 18.2 Å². The van der Waals surface area contributed by atoms with Crippen molar-refractivity contribution in [1.29, 1.82) is 0 Å². The summed E-state index contributed by atoms with van der Waals surface area (Å²) in [6.07, 6.45) is 3.26. The zero-order valence-corrected chi connectivity index (χ0v) is 15.2. The number of nitrogens with zero attached hydrogens (tertiary/aromatic N) is 1. The normalized spacial score (nSPS) is 49.7. The molecule has 0 aromatic heterocycles. The molecule has 0 radical (unpaired) electrons. The van der Waals surface area contributed by atoms with E-state index in [4.69, 9.17) is 9.47 Å². The molecular formula is C21H22N2O4. The van der Waals surface area contributed by atoms with Gasteiger partial charge in [0.1, 0.15) is 6.10 Å². The maximum absolute atomic E-state index is 13.0. The molecule has 6 nitrogen and oxygen atoms in total. The minimum Gasteiger partial charge on any atom is -0.469 e. The van der Waals surface area contributed by atoms with Crippen LogP contribution in [-0.2, 0) is 24.5 Å². The van der Waals surface area contributed by atoms with Crippen molar-refractivity contribution < 1.29 is 19.1 Å². The van der Waals surface area contributed by atoms with Crippen molar-refractivity contribution in [2.75, 3.05) is 19.0 Å². The lowest BCUT2D eigenvalue weighted by atomic mass is 9.39. The highest BCUT2D eigenvalue weighted by Crippen LogP contribution is 2.76. The van der Waals surface area contributed by atoms with E-state index in [0.717, 1.165) is 37.9 Å². The Bertz CT molecular complexity index is 933. The van der Waals surface area contributed by atoms with Gasteiger partial charge in [-0.25, -0.2) is 0 Å². The summed E-state index contributed by atoms with van der Waals surface area (Å²) in [7, 11) is 1.49. The number of ether oxygens (including phenoxy) is 2. The lowest BCUT2D eigenvalue weighted by molar-refractivity contribution is -0.173. The molecule has 3 saturated heterocycles. The molecule has 1 aromatic carbocycles. The topological polar surface area (TPSA) is 71.2 Å². The van der Waals surface area contributed by atoms with Gasteiger partial charge in [-0.2, -0.15) is 0 Å². The highest BCUT2D eigenvalue weighted by Gasteiger charge is 2.85. The fourth-order valence-electron chi connectivity index (χ4n) is 8.12. The zero-order chi connectivity index (χ0) is 18.2. The van der Waals surface area contributed by atoms with Gasteiger partial charge in [0.25, 0.3) is 5.91 Å². The Labute approximate surface area is 157 Å². The van der Waals surface area contributed by atoms with Crippen LogP contribution < -0.4 is 5.32 Å². The third kappa shape index (κ3) is 1.28. The first-order valence-electron chi connectivity index (χ1n) is 10.0. The summed E-state index contributed by atoms with van der Waals surface area (Å²) >= 11 is 0. The van der Waals surface area contributed by atoms with Crippen molar-refractivity contribution >= 4 is 17.6 Å². The first kappa shape index (κ1) is 14.9. The predicted octanol–water partition coefficient (Wildman–Crippen LogP) is 1.44. The van der Waals surface area contributed by atoms with Crippen LogP contribution in [0.5, 0.6) is 0 Å². The molecule has 6 fully saturated rings. The molecule has 1 amide bonds. The van der Waals surface area contributed by atoms with Gasteiger partial charge in [-0.05, 0) is 37.3 Å². The van der Waals surface area contributed by atoms with Gasteiger partial charge in [0, 0.05) is 23.1 Å². The molecule has 4 heterocycles. The summed E-state index contributed by atoms with van der Waals surface area (Å²) in [5.74, 6) is -0.174. The van der Waals surface area contributed by atoms with Gasteiger partial charge in [0.2, 0.25) is 0 Å². The third-order valence-electron chi connectivity index (χ3n) is 8.87. The van der Waals surface area contributed by atoms with E-state index in [9.17, 15) is 9.59 Å². The van der Waals surface area contributed by atoms with E-state index in [1.807, 2.05) is 6.07 Å². The summed E-state index contributed by atoms with van der Waals surface area (Å²) in [6.45, 7) is 0.753. The lowest BCUT2D eigenvalue weighted by Gasteiger charge is -2.67. The Kier molecular flexibility index (Phi) is 2.30. The maximum Gasteiger partial charge on any atom is 0.311 e. The van der Waals surface area contributed by atoms with E-state index < -0.39 is 0 Å². The van der Waals surface area contributed by atoms with Gasteiger partial charge >= 0.3 is 5.97 Å². The molecule has 1 aromatic rings. The third-order valence-corrected chi connectivity index (χ3v) is 8.87. The number of carbonyl (C=O) groups is 2. The molecule has 3 saturated carbocycles. The van der Waals surface area contributed by atoms with Crippen molar-refractivity contribution in [3.05, 3.63) is 29.8 Å². The Balaban J connectivity index is 1.54. The fraction of sp³-hybridized carbons (Fsp3) is 0.619. The molecular weight excluding hydrogens is 344 g/mol. The second-order valence-corrected chi connectivity index (χ2v) is 9.29. The van der Waals surface area contributed by atoms with E-state index in [0.29, 0.717) is 0 Å². The number of piperidine rings is 1. The van der Waals surface area contributed by atoms with E-state index in [1.165, 1.54) is 12.7 Å². The Morgan fingerprint density at radius 1 is 1.30 bits per heavy atom. The summed E-state index contributed by atoms with van der Waals surface area (Å²) < 4.78 is 11.3. The highest BCUT2D eigenvalue weighted by atomic mass is 16.6. The molecule has 3 aliphatic carbocycles. The number of benzene rings is 1. The molecule has 7 aliphatic rings. The monoisotopic (exact) mass is 366 g/mol. The first-order chi connectivity index (χ1) is 13.1. The molecule has 7 atom stereocenters. The van der Waals surface area contributed by atoms with Crippen LogP contribution in [0.15, 0.2) is 24.3 Å². The summed E-state index contributed by atoms with van der Waals surface area (Å²) in [4.78, 5) is 28.1. The molecule has 0 unspecified atom stereocenters. The molecule has 140 valence electrons. The van der Waals surface area contributed by atoms with E-state index in [2.05, 4.69) is 28.4 Å². The molecule has 2 bridgehead atoms. The van der Waals surface area contributed by atoms with Gasteiger partial charge in [-0.15, -0.1) is 0 Å². The lowest BCUT2D eigenvalue weighted by Crippen LogP contribution is -2.78. The Morgan fingerprint density at radius 3 is 3.00 bits per heavy atom. The zero-order valence-electron chi connectivity index (χ0n) is 15.2. The van der Waals surface area contributed by atoms with E-state index in [1.54, 1.807) is 0 Å². The molecule has 6 heteroatoms. The van der Waals surface area contributed by atoms with Crippen molar-refractivity contribution in [2.24, 2.45) is 11.3 Å². The number of fused-ring (bicyclic) bond motifs is 4. The molecule has 8 rings (SSSR count). The number of epoxide rings is 1. The van der Waals surface area contributed by atoms with E-state index >= 15 is 0 Å². The van der Waals surface area contributed by atoms with Gasteiger partial charge < -0.3 is 19.7 Å². The van der Waals surface area contributed by atoms with Gasteiger partial charge in [0.05, 0.1) is 24.6 Å². The predicted molar refractivity (Wildman–Crippen MR) is 95.0 cm³/mol. The van der Waals surface area contributed by atoms with E-state index in [-0.39, 0.29) is 52.4 Å². The minimum atomic E-state index is -0.368. The highest BCUT2D eigenvalue weighted by molar-refractivity contribution is 5.89. The number of anilines is 1. The van der Waals surface area contributed by atoms with Crippen LogP contribution in [0, 0.1) is 11.3 Å². The average Bonchev–Trinajstić information content (AvgIpc) is 3.32. The van der Waals surface area contributed by atoms with Gasteiger partial charge in [-0.3, -0.25) is 9.59 Å².